The number of aromatic nitrogens is 4. The molecular formula is C32H30F3N9O3. The maximum Gasteiger partial charge on any atom is 0.416 e. The topological polar surface area (TPSA) is 166 Å². The Kier molecular flexibility index (Phi) is 9.37. The van der Waals surface area contributed by atoms with Gasteiger partial charge in [-0.05, 0) is 79.6 Å². The van der Waals surface area contributed by atoms with Gasteiger partial charge in [-0.2, -0.15) is 13.2 Å². The number of nitrogens with one attached hydrogen (secondary N) is 2. The third-order valence-corrected chi connectivity index (χ3v) is 6.87. The van der Waals surface area contributed by atoms with Gasteiger partial charge in [0, 0.05) is 36.2 Å². The van der Waals surface area contributed by atoms with Crippen LogP contribution in [-0.2, 0) is 6.18 Å². The number of carbonyl (C=O) groups excluding carboxylic acids is 1. The molecule has 2 heterocycles. The van der Waals surface area contributed by atoms with E-state index < -0.39 is 23.9 Å². The van der Waals surface area contributed by atoms with Crippen molar-refractivity contribution in [1.82, 2.24) is 19.9 Å². The summed E-state index contributed by atoms with van der Waals surface area (Å²) in [6.45, 7) is 3.57. The first-order chi connectivity index (χ1) is 22.4. The molecule has 0 saturated carbocycles. The molecule has 2 aromatic heterocycles. The standard InChI is InChI=1S/C32H30F3N9O3/c1-18-11-21(36)7-9-25(18)46-28-14-24(39-16-41-28)30(37)44(31(45)43-22-6-4-5-20(13-22)32(33,34)35)23-8-10-26(19(2)12-23)47-29-15-27(38-3)40-17-42-29/h4-17,30H,36-37H2,1-3H3,(H,43,45)(H,38,40,42). The van der Waals surface area contributed by atoms with Gasteiger partial charge < -0.3 is 31.6 Å². The Morgan fingerprint density at radius 2 is 1.51 bits per heavy atom. The Morgan fingerprint density at radius 1 is 0.851 bits per heavy atom. The van der Waals surface area contributed by atoms with E-state index in [0.29, 0.717) is 34.3 Å². The molecule has 15 heteroatoms. The maximum absolute atomic E-state index is 13.8. The molecule has 0 fully saturated rings. The second kappa shape index (κ2) is 13.6. The predicted molar refractivity (Wildman–Crippen MR) is 170 cm³/mol. The van der Waals surface area contributed by atoms with Gasteiger partial charge in [-0.3, -0.25) is 4.90 Å². The minimum absolute atomic E-state index is 0.0895. The van der Waals surface area contributed by atoms with Gasteiger partial charge in [0.1, 0.15) is 36.1 Å². The number of benzene rings is 3. The van der Waals surface area contributed by atoms with E-state index in [4.69, 9.17) is 20.9 Å². The van der Waals surface area contributed by atoms with E-state index in [-0.39, 0.29) is 23.1 Å². The zero-order valence-corrected chi connectivity index (χ0v) is 25.4. The first kappa shape index (κ1) is 32.4. The Labute approximate surface area is 267 Å². The van der Waals surface area contributed by atoms with Gasteiger partial charge >= 0.3 is 12.2 Å². The summed E-state index contributed by atoms with van der Waals surface area (Å²) in [6.07, 6.45) is -3.28. The molecule has 0 radical (unpaired) electrons. The highest BCUT2D eigenvalue weighted by atomic mass is 19.4. The summed E-state index contributed by atoms with van der Waals surface area (Å²) in [7, 11) is 1.71. The molecule has 242 valence electrons. The summed E-state index contributed by atoms with van der Waals surface area (Å²) in [6, 6.07) is 16.4. The number of rotatable bonds is 9. The van der Waals surface area contributed by atoms with Crippen LogP contribution in [0.5, 0.6) is 23.3 Å². The number of halogens is 3. The highest BCUT2D eigenvalue weighted by Crippen LogP contribution is 2.34. The second-order valence-electron chi connectivity index (χ2n) is 10.3. The van der Waals surface area contributed by atoms with Crippen molar-refractivity contribution >= 4 is 28.9 Å². The van der Waals surface area contributed by atoms with Crippen LogP contribution in [0.3, 0.4) is 0 Å². The number of nitrogen functional groups attached to an aromatic ring is 1. The average molecular weight is 646 g/mol. The lowest BCUT2D eigenvalue weighted by atomic mass is 10.1. The molecule has 2 amide bonds. The van der Waals surface area contributed by atoms with E-state index in [9.17, 15) is 18.0 Å². The third-order valence-electron chi connectivity index (χ3n) is 6.87. The summed E-state index contributed by atoms with van der Waals surface area (Å²) in [5.41, 5.74) is 13.9. The minimum Gasteiger partial charge on any atom is -0.439 e. The number of nitrogens with zero attached hydrogens (tertiary/aromatic N) is 5. The summed E-state index contributed by atoms with van der Waals surface area (Å²) < 4.78 is 52.1. The normalized spacial score (nSPS) is 11.8. The molecule has 0 spiro atoms. The quantitative estimate of drug-likeness (QED) is 0.0988. The summed E-state index contributed by atoms with van der Waals surface area (Å²) in [5, 5.41) is 5.43. The number of ether oxygens (including phenoxy) is 2. The summed E-state index contributed by atoms with van der Waals surface area (Å²) in [5.74, 6) is 1.89. The van der Waals surface area contributed by atoms with E-state index in [2.05, 4.69) is 30.6 Å². The van der Waals surface area contributed by atoms with Crippen molar-refractivity contribution in [3.8, 4) is 23.3 Å². The zero-order valence-electron chi connectivity index (χ0n) is 25.4. The molecule has 5 aromatic rings. The number of amides is 2. The molecule has 0 aliphatic rings. The van der Waals surface area contributed by atoms with Crippen LogP contribution in [0, 0.1) is 13.8 Å². The van der Waals surface area contributed by atoms with Crippen LogP contribution in [-0.4, -0.2) is 33.0 Å². The first-order valence-electron chi connectivity index (χ1n) is 14.1. The maximum atomic E-state index is 13.8. The Bertz CT molecular complexity index is 1910. The van der Waals surface area contributed by atoms with Gasteiger partial charge in [-0.1, -0.05) is 6.07 Å². The Hall–Kier alpha value is -5.96. The van der Waals surface area contributed by atoms with Gasteiger partial charge in [-0.15, -0.1) is 0 Å². The molecule has 3 aromatic carbocycles. The highest BCUT2D eigenvalue weighted by Gasteiger charge is 2.31. The van der Waals surface area contributed by atoms with E-state index in [1.807, 2.05) is 6.92 Å². The van der Waals surface area contributed by atoms with E-state index in [0.717, 1.165) is 22.6 Å². The van der Waals surface area contributed by atoms with Crippen LogP contribution in [0.1, 0.15) is 28.6 Å². The Balaban J connectivity index is 1.48. The molecule has 0 saturated heterocycles. The lowest BCUT2D eigenvalue weighted by Crippen LogP contribution is -2.42. The molecule has 0 aliphatic heterocycles. The van der Waals surface area contributed by atoms with E-state index >= 15 is 0 Å². The van der Waals surface area contributed by atoms with Gasteiger partial charge in [0.05, 0.1) is 11.3 Å². The smallest absolute Gasteiger partial charge is 0.416 e. The van der Waals surface area contributed by atoms with Crippen molar-refractivity contribution in [2.75, 3.05) is 28.3 Å². The van der Waals surface area contributed by atoms with Crippen LogP contribution in [0.15, 0.2) is 85.5 Å². The van der Waals surface area contributed by atoms with Crippen LogP contribution in [0.2, 0.25) is 0 Å². The van der Waals surface area contributed by atoms with Crippen LogP contribution < -0.4 is 36.5 Å². The molecule has 1 atom stereocenters. The fourth-order valence-electron chi connectivity index (χ4n) is 4.51. The lowest BCUT2D eigenvalue weighted by molar-refractivity contribution is -0.137. The second-order valence-corrected chi connectivity index (χ2v) is 10.3. The number of anilines is 4. The van der Waals surface area contributed by atoms with Crippen LogP contribution in [0.4, 0.5) is 40.8 Å². The van der Waals surface area contributed by atoms with Crippen molar-refractivity contribution in [3.63, 3.8) is 0 Å². The third kappa shape index (κ3) is 7.83. The van der Waals surface area contributed by atoms with Crippen molar-refractivity contribution < 1.29 is 27.4 Å². The first-order valence-corrected chi connectivity index (χ1v) is 14.1. The molecule has 0 bridgehead atoms. The van der Waals surface area contributed by atoms with Crippen molar-refractivity contribution in [2.45, 2.75) is 26.2 Å². The Morgan fingerprint density at radius 3 is 2.17 bits per heavy atom. The molecule has 47 heavy (non-hydrogen) atoms. The highest BCUT2D eigenvalue weighted by molar-refractivity contribution is 6.02. The molecule has 1 unspecified atom stereocenters. The van der Waals surface area contributed by atoms with E-state index in [1.54, 1.807) is 56.4 Å². The predicted octanol–water partition coefficient (Wildman–Crippen LogP) is 6.81. The number of urea groups is 1. The lowest BCUT2D eigenvalue weighted by Gasteiger charge is -2.29. The number of nitrogens with two attached hydrogens (primary N) is 2. The minimum atomic E-state index is -4.61. The number of aryl methyl sites for hydroxylation is 2. The number of carbonyl (C=O) groups is 1. The zero-order chi connectivity index (χ0) is 33.7. The van der Waals surface area contributed by atoms with E-state index in [1.165, 1.54) is 30.9 Å². The average Bonchev–Trinajstić information content (AvgIpc) is 3.03. The van der Waals surface area contributed by atoms with Gasteiger partial charge in [0.15, 0.2) is 0 Å². The molecule has 0 aliphatic carbocycles. The fraction of sp³-hybridized carbons (Fsp3) is 0.156. The van der Waals surface area contributed by atoms with Gasteiger partial charge in [0.2, 0.25) is 11.8 Å². The van der Waals surface area contributed by atoms with Gasteiger partial charge in [-0.25, -0.2) is 24.7 Å². The van der Waals surface area contributed by atoms with Gasteiger partial charge in [0.25, 0.3) is 0 Å². The largest absolute Gasteiger partial charge is 0.439 e. The van der Waals surface area contributed by atoms with Crippen LogP contribution >= 0.6 is 0 Å². The van der Waals surface area contributed by atoms with Crippen molar-refractivity contribution in [3.05, 3.63) is 108 Å². The fourth-order valence-corrected chi connectivity index (χ4v) is 4.51. The van der Waals surface area contributed by atoms with Crippen LogP contribution in [0.25, 0.3) is 0 Å². The van der Waals surface area contributed by atoms with Crippen molar-refractivity contribution in [1.29, 1.82) is 0 Å². The molecule has 5 rings (SSSR count). The number of alkyl halides is 3. The monoisotopic (exact) mass is 645 g/mol. The summed E-state index contributed by atoms with van der Waals surface area (Å²) >= 11 is 0. The summed E-state index contributed by atoms with van der Waals surface area (Å²) in [4.78, 5) is 31.6. The molecular weight excluding hydrogens is 615 g/mol. The number of hydrogen-bond donors (Lipinski definition) is 4. The molecule has 6 N–H and O–H groups in total. The number of hydrogen-bond acceptors (Lipinski definition) is 10. The SMILES string of the molecule is CNc1cc(Oc2ccc(N(C(=O)Nc3cccc(C(F)(F)F)c3)C(N)c3cc(Oc4ccc(N)cc4C)ncn3)cc2C)ncn1. The van der Waals surface area contributed by atoms with Crippen molar-refractivity contribution in [2.24, 2.45) is 5.73 Å². The molecule has 12 nitrogen and oxygen atoms in total.